The van der Waals surface area contributed by atoms with E-state index in [1.165, 1.54) is 0 Å². The van der Waals surface area contributed by atoms with Gasteiger partial charge in [0.2, 0.25) is 5.95 Å². The summed E-state index contributed by atoms with van der Waals surface area (Å²) >= 11 is 0. The average molecular weight is 308 g/mol. The minimum atomic E-state index is 0.292. The number of anilines is 1. The van der Waals surface area contributed by atoms with Crippen LogP contribution in [-0.2, 0) is 0 Å². The van der Waals surface area contributed by atoms with Gasteiger partial charge in [0.1, 0.15) is 5.52 Å². The summed E-state index contributed by atoms with van der Waals surface area (Å²) in [6.45, 7) is 5.87. The molecule has 118 valence electrons. The van der Waals surface area contributed by atoms with Crippen molar-refractivity contribution in [1.82, 2.24) is 15.0 Å². The van der Waals surface area contributed by atoms with Gasteiger partial charge in [0.05, 0.1) is 5.92 Å². The predicted molar refractivity (Wildman–Crippen MR) is 89.7 cm³/mol. The molecule has 0 saturated carbocycles. The first-order valence-electron chi connectivity index (χ1n) is 8.12. The highest BCUT2D eigenvalue weighted by Crippen LogP contribution is 2.30. The van der Waals surface area contributed by atoms with E-state index in [1.807, 2.05) is 44.2 Å². The highest BCUT2D eigenvalue weighted by molar-refractivity contribution is 5.72. The largest absolute Gasteiger partial charge is 0.440 e. The molecule has 4 rings (SSSR count). The van der Waals surface area contributed by atoms with Gasteiger partial charge in [-0.1, -0.05) is 12.1 Å². The molecule has 1 aromatic carbocycles. The highest BCUT2D eigenvalue weighted by atomic mass is 16.3. The lowest BCUT2D eigenvalue weighted by atomic mass is 9.98. The summed E-state index contributed by atoms with van der Waals surface area (Å²) < 4.78 is 5.96. The first kappa shape index (κ1) is 14.2. The molecule has 0 N–H and O–H groups in total. The van der Waals surface area contributed by atoms with Crippen LogP contribution in [-0.4, -0.2) is 28.0 Å². The van der Waals surface area contributed by atoms with Crippen molar-refractivity contribution in [3.63, 3.8) is 0 Å². The van der Waals surface area contributed by atoms with Crippen molar-refractivity contribution in [3.05, 3.63) is 47.6 Å². The van der Waals surface area contributed by atoms with E-state index in [0.717, 1.165) is 60.3 Å². The maximum Gasteiger partial charge on any atom is 0.225 e. The molecule has 1 atom stereocenters. The summed E-state index contributed by atoms with van der Waals surface area (Å²) in [4.78, 5) is 16.1. The number of rotatable bonds is 2. The molecule has 0 amide bonds. The van der Waals surface area contributed by atoms with Crippen LogP contribution >= 0.6 is 0 Å². The van der Waals surface area contributed by atoms with Crippen molar-refractivity contribution in [2.45, 2.75) is 32.6 Å². The first-order valence-corrected chi connectivity index (χ1v) is 8.12. The Labute approximate surface area is 135 Å². The smallest absolute Gasteiger partial charge is 0.225 e. The van der Waals surface area contributed by atoms with Gasteiger partial charge in [0, 0.05) is 24.5 Å². The zero-order valence-corrected chi connectivity index (χ0v) is 13.5. The molecule has 1 saturated heterocycles. The standard InChI is InChI=1S/C18H20N4O/c1-12-10-13(2)20-18(19-12)22-9-5-6-14(11-22)17-21-15-7-3-4-8-16(15)23-17/h3-4,7-8,10,14H,5-6,9,11H2,1-2H3/t14-/m0/s1. The van der Waals surface area contributed by atoms with Gasteiger partial charge in [-0.05, 0) is 44.9 Å². The zero-order chi connectivity index (χ0) is 15.8. The van der Waals surface area contributed by atoms with E-state index in [4.69, 9.17) is 4.42 Å². The Bertz CT molecular complexity index is 789. The Hall–Kier alpha value is -2.43. The third-order valence-electron chi connectivity index (χ3n) is 4.33. The lowest BCUT2D eigenvalue weighted by molar-refractivity contribution is 0.411. The van der Waals surface area contributed by atoms with Crippen molar-refractivity contribution in [3.8, 4) is 0 Å². The predicted octanol–water partition coefficient (Wildman–Crippen LogP) is 3.62. The van der Waals surface area contributed by atoms with Gasteiger partial charge in [-0.3, -0.25) is 0 Å². The van der Waals surface area contributed by atoms with E-state index >= 15 is 0 Å². The number of hydrogen-bond donors (Lipinski definition) is 0. The van der Waals surface area contributed by atoms with Crippen LogP contribution in [0.4, 0.5) is 5.95 Å². The van der Waals surface area contributed by atoms with E-state index in [-0.39, 0.29) is 0 Å². The Morgan fingerprint density at radius 1 is 1.09 bits per heavy atom. The molecule has 0 bridgehead atoms. The monoisotopic (exact) mass is 308 g/mol. The van der Waals surface area contributed by atoms with E-state index in [2.05, 4.69) is 19.9 Å². The first-order chi connectivity index (χ1) is 11.2. The van der Waals surface area contributed by atoms with Crippen LogP contribution in [0.3, 0.4) is 0 Å². The van der Waals surface area contributed by atoms with Crippen LogP contribution < -0.4 is 4.90 Å². The van der Waals surface area contributed by atoms with Gasteiger partial charge in [-0.2, -0.15) is 0 Å². The summed E-state index contributed by atoms with van der Waals surface area (Å²) in [5, 5.41) is 0. The van der Waals surface area contributed by atoms with E-state index in [9.17, 15) is 0 Å². The van der Waals surface area contributed by atoms with Gasteiger partial charge in [-0.25, -0.2) is 15.0 Å². The van der Waals surface area contributed by atoms with Crippen LogP contribution in [0, 0.1) is 13.8 Å². The fourth-order valence-electron chi connectivity index (χ4n) is 3.27. The van der Waals surface area contributed by atoms with Crippen molar-refractivity contribution in [1.29, 1.82) is 0 Å². The van der Waals surface area contributed by atoms with Crippen LogP contribution in [0.15, 0.2) is 34.7 Å². The molecule has 0 radical (unpaired) electrons. The van der Waals surface area contributed by atoms with E-state index in [0.29, 0.717) is 5.92 Å². The Balaban J connectivity index is 1.61. The van der Waals surface area contributed by atoms with Crippen molar-refractivity contribution in [2.24, 2.45) is 0 Å². The number of benzene rings is 1. The molecule has 3 heterocycles. The third kappa shape index (κ3) is 2.79. The van der Waals surface area contributed by atoms with E-state index < -0.39 is 0 Å². The zero-order valence-electron chi connectivity index (χ0n) is 13.5. The molecule has 1 aliphatic rings. The second-order valence-electron chi connectivity index (χ2n) is 6.26. The molecular weight excluding hydrogens is 288 g/mol. The van der Waals surface area contributed by atoms with E-state index in [1.54, 1.807) is 0 Å². The Morgan fingerprint density at radius 3 is 2.65 bits per heavy atom. The molecule has 2 aromatic heterocycles. The van der Waals surface area contributed by atoms with Crippen molar-refractivity contribution in [2.75, 3.05) is 18.0 Å². The van der Waals surface area contributed by atoms with Crippen LogP contribution in [0.2, 0.25) is 0 Å². The van der Waals surface area contributed by atoms with Crippen molar-refractivity contribution >= 4 is 17.0 Å². The molecule has 1 aliphatic heterocycles. The molecule has 0 unspecified atom stereocenters. The topological polar surface area (TPSA) is 55.1 Å². The molecule has 1 fully saturated rings. The number of nitrogens with zero attached hydrogens (tertiary/aromatic N) is 4. The minimum Gasteiger partial charge on any atom is -0.440 e. The lowest BCUT2D eigenvalue weighted by Gasteiger charge is -2.31. The summed E-state index contributed by atoms with van der Waals surface area (Å²) in [7, 11) is 0. The molecular formula is C18H20N4O. The summed E-state index contributed by atoms with van der Waals surface area (Å²) in [5.41, 5.74) is 3.82. The van der Waals surface area contributed by atoms with Crippen LogP contribution in [0.1, 0.15) is 36.0 Å². The number of aromatic nitrogens is 3. The second kappa shape index (κ2) is 5.65. The van der Waals surface area contributed by atoms with Gasteiger partial charge in [0.25, 0.3) is 0 Å². The van der Waals surface area contributed by atoms with Crippen molar-refractivity contribution < 1.29 is 4.42 Å². The number of oxazole rings is 1. The Morgan fingerprint density at radius 2 is 1.87 bits per heavy atom. The maximum absolute atomic E-state index is 5.96. The SMILES string of the molecule is Cc1cc(C)nc(N2CCC[C@H](c3nc4ccccc4o3)C2)n1. The minimum absolute atomic E-state index is 0.292. The summed E-state index contributed by atoms with van der Waals surface area (Å²) in [5.74, 6) is 1.95. The van der Waals surface area contributed by atoms with Crippen LogP contribution in [0.25, 0.3) is 11.1 Å². The van der Waals surface area contributed by atoms with Crippen LogP contribution in [0.5, 0.6) is 0 Å². The fourth-order valence-corrected chi connectivity index (χ4v) is 3.27. The third-order valence-corrected chi connectivity index (χ3v) is 4.33. The quantitative estimate of drug-likeness (QED) is 0.723. The second-order valence-corrected chi connectivity index (χ2v) is 6.26. The van der Waals surface area contributed by atoms with Gasteiger partial charge in [-0.15, -0.1) is 0 Å². The molecule has 23 heavy (non-hydrogen) atoms. The molecule has 0 aliphatic carbocycles. The summed E-state index contributed by atoms with van der Waals surface area (Å²) in [6, 6.07) is 9.94. The molecule has 0 spiro atoms. The highest BCUT2D eigenvalue weighted by Gasteiger charge is 2.27. The number of aryl methyl sites for hydroxylation is 2. The lowest BCUT2D eigenvalue weighted by Crippen LogP contribution is -2.35. The number of para-hydroxylation sites is 2. The normalized spacial score (nSPS) is 18.5. The molecule has 3 aromatic rings. The van der Waals surface area contributed by atoms with Gasteiger partial charge >= 0.3 is 0 Å². The van der Waals surface area contributed by atoms with Gasteiger partial charge < -0.3 is 9.32 Å². The molecule has 5 heteroatoms. The number of piperidine rings is 1. The molecule has 5 nitrogen and oxygen atoms in total. The summed E-state index contributed by atoms with van der Waals surface area (Å²) in [6.07, 6.45) is 2.19. The Kier molecular flexibility index (Phi) is 3.48. The average Bonchev–Trinajstić information content (AvgIpc) is 2.98. The van der Waals surface area contributed by atoms with Gasteiger partial charge in [0.15, 0.2) is 11.5 Å². The number of hydrogen-bond acceptors (Lipinski definition) is 5. The maximum atomic E-state index is 5.96. The number of fused-ring (bicyclic) bond motifs is 1. The fraction of sp³-hybridized carbons (Fsp3) is 0.389.